The fraction of sp³-hybridized carbons (Fsp3) is 0.478. The van der Waals surface area contributed by atoms with Crippen molar-refractivity contribution in [2.75, 3.05) is 0 Å². The van der Waals surface area contributed by atoms with Crippen molar-refractivity contribution < 1.29 is 0 Å². The lowest BCUT2D eigenvalue weighted by atomic mass is 9.77. The third-order valence-electron chi connectivity index (χ3n) is 5.59. The predicted octanol–water partition coefficient (Wildman–Crippen LogP) is 7.66. The van der Waals surface area contributed by atoms with E-state index in [9.17, 15) is 0 Å². The van der Waals surface area contributed by atoms with E-state index in [2.05, 4.69) is 71.4 Å². The van der Waals surface area contributed by atoms with Crippen molar-refractivity contribution in [3.63, 3.8) is 0 Å². The maximum Gasteiger partial charge on any atom is 0.0175 e. The first-order valence-electron chi connectivity index (χ1n) is 9.59. The minimum Gasteiger partial charge on any atom is -0.0654 e. The molecule has 0 aliphatic heterocycles. The molecule has 2 aromatic rings. The van der Waals surface area contributed by atoms with Crippen molar-refractivity contribution in [2.24, 2.45) is 11.8 Å². The number of halogens is 1. The Kier molecular flexibility index (Phi) is 6.54. The number of hydrogen-bond donors (Lipinski definition) is 0. The minimum absolute atomic E-state index is 0.904. The van der Waals surface area contributed by atoms with E-state index < -0.39 is 0 Å². The number of benzene rings is 2. The van der Waals surface area contributed by atoms with Gasteiger partial charge in [0, 0.05) is 4.47 Å². The molecule has 0 amide bonds. The fourth-order valence-corrected chi connectivity index (χ4v) is 4.29. The quantitative estimate of drug-likeness (QED) is 0.479. The van der Waals surface area contributed by atoms with Gasteiger partial charge < -0.3 is 0 Å². The highest BCUT2D eigenvalue weighted by atomic mass is 79.9. The molecule has 0 nitrogen and oxygen atoms in total. The molecule has 0 N–H and O–H groups in total. The third-order valence-corrected chi connectivity index (χ3v) is 6.12. The molecule has 0 saturated heterocycles. The highest BCUT2D eigenvalue weighted by Crippen LogP contribution is 2.34. The standard InChI is InChI=1S/C23H29Br/c1-2-3-4-18-5-7-19(8-6-18)17-20-9-11-21(12-10-20)22-13-15-23(24)16-14-22/h9-16,18-19H,2-8,17H2,1H3. The lowest BCUT2D eigenvalue weighted by Crippen LogP contribution is -2.16. The van der Waals surface area contributed by atoms with Gasteiger partial charge in [0.25, 0.3) is 0 Å². The van der Waals surface area contributed by atoms with E-state index in [4.69, 9.17) is 0 Å². The smallest absolute Gasteiger partial charge is 0.0175 e. The maximum atomic E-state index is 3.50. The zero-order valence-electron chi connectivity index (χ0n) is 14.8. The van der Waals surface area contributed by atoms with Crippen molar-refractivity contribution in [3.8, 4) is 11.1 Å². The number of unbranched alkanes of at least 4 members (excludes halogenated alkanes) is 1. The van der Waals surface area contributed by atoms with Crippen LogP contribution in [-0.2, 0) is 6.42 Å². The molecule has 0 aromatic heterocycles. The molecule has 0 heterocycles. The summed E-state index contributed by atoms with van der Waals surface area (Å²) in [6.07, 6.45) is 11.3. The summed E-state index contributed by atoms with van der Waals surface area (Å²) >= 11 is 3.50. The zero-order chi connectivity index (χ0) is 16.8. The van der Waals surface area contributed by atoms with Crippen LogP contribution in [0.5, 0.6) is 0 Å². The molecule has 24 heavy (non-hydrogen) atoms. The van der Waals surface area contributed by atoms with Crippen LogP contribution in [0.1, 0.15) is 57.4 Å². The van der Waals surface area contributed by atoms with Gasteiger partial charge in [0.05, 0.1) is 0 Å². The van der Waals surface area contributed by atoms with Crippen LogP contribution in [0.4, 0.5) is 0 Å². The Hall–Kier alpha value is -1.08. The van der Waals surface area contributed by atoms with Crippen molar-refractivity contribution in [1.82, 2.24) is 0 Å². The molecule has 0 bridgehead atoms. The van der Waals surface area contributed by atoms with Gasteiger partial charge in [0.1, 0.15) is 0 Å². The van der Waals surface area contributed by atoms with Gasteiger partial charge in [-0.1, -0.05) is 91.4 Å². The van der Waals surface area contributed by atoms with Crippen LogP contribution >= 0.6 is 15.9 Å². The fourth-order valence-electron chi connectivity index (χ4n) is 4.03. The van der Waals surface area contributed by atoms with Gasteiger partial charge in [-0.2, -0.15) is 0 Å². The minimum atomic E-state index is 0.904. The first-order chi connectivity index (χ1) is 11.7. The van der Waals surface area contributed by atoms with Gasteiger partial charge in [-0.15, -0.1) is 0 Å². The van der Waals surface area contributed by atoms with E-state index in [0.29, 0.717) is 0 Å². The van der Waals surface area contributed by atoms with E-state index >= 15 is 0 Å². The van der Waals surface area contributed by atoms with Crippen LogP contribution in [0.2, 0.25) is 0 Å². The van der Waals surface area contributed by atoms with Crippen molar-refractivity contribution in [3.05, 3.63) is 58.6 Å². The summed E-state index contributed by atoms with van der Waals surface area (Å²) in [6, 6.07) is 17.8. The highest BCUT2D eigenvalue weighted by molar-refractivity contribution is 9.10. The molecule has 1 aliphatic carbocycles. The van der Waals surface area contributed by atoms with Gasteiger partial charge in [-0.05, 0) is 59.9 Å². The second kappa shape index (κ2) is 8.85. The topological polar surface area (TPSA) is 0 Å². The molecule has 0 radical (unpaired) electrons. The average molecular weight is 385 g/mol. The molecule has 0 atom stereocenters. The van der Waals surface area contributed by atoms with E-state index in [1.54, 1.807) is 0 Å². The summed E-state index contributed by atoms with van der Waals surface area (Å²) in [5, 5.41) is 0. The largest absolute Gasteiger partial charge is 0.0654 e. The van der Waals surface area contributed by atoms with E-state index in [0.717, 1.165) is 16.3 Å². The summed E-state index contributed by atoms with van der Waals surface area (Å²) in [7, 11) is 0. The molecule has 0 spiro atoms. The van der Waals surface area contributed by atoms with Gasteiger partial charge >= 0.3 is 0 Å². The first kappa shape index (κ1) is 17.7. The van der Waals surface area contributed by atoms with Crippen LogP contribution < -0.4 is 0 Å². The second-order valence-corrected chi connectivity index (χ2v) is 8.35. The normalized spacial score (nSPS) is 20.9. The third kappa shape index (κ3) is 4.96. The molecule has 2 aromatic carbocycles. The van der Waals surface area contributed by atoms with Crippen LogP contribution in [-0.4, -0.2) is 0 Å². The summed E-state index contributed by atoms with van der Waals surface area (Å²) in [5.41, 5.74) is 4.11. The van der Waals surface area contributed by atoms with Gasteiger partial charge in [-0.3, -0.25) is 0 Å². The molecular formula is C23H29Br. The molecule has 0 unspecified atom stereocenters. The van der Waals surface area contributed by atoms with Crippen LogP contribution in [0.25, 0.3) is 11.1 Å². The van der Waals surface area contributed by atoms with Gasteiger partial charge in [0.2, 0.25) is 0 Å². The van der Waals surface area contributed by atoms with E-state index in [1.165, 1.54) is 68.1 Å². The highest BCUT2D eigenvalue weighted by Gasteiger charge is 2.20. The Balaban J connectivity index is 1.52. The average Bonchev–Trinajstić information content (AvgIpc) is 2.63. The molecular weight excluding hydrogens is 356 g/mol. The van der Waals surface area contributed by atoms with Crippen molar-refractivity contribution in [1.29, 1.82) is 0 Å². The Morgan fingerprint density at radius 1 is 0.792 bits per heavy atom. The lowest BCUT2D eigenvalue weighted by Gasteiger charge is -2.28. The SMILES string of the molecule is CCCCC1CCC(Cc2ccc(-c3ccc(Br)cc3)cc2)CC1. The van der Waals surface area contributed by atoms with E-state index in [-0.39, 0.29) is 0 Å². The second-order valence-electron chi connectivity index (χ2n) is 7.44. The molecule has 128 valence electrons. The lowest BCUT2D eigenvalue weighted by molar-refractivity contribution is 0.258. The Morgan fingerprint density at radius 2 is 1.33 bits per heavy atom. The molecule has 1 heteroatoms. The maximum absolute atomic E-state index is 3.50. The Morgan fingerprint density at radius 3 is 1.92 bits per heavy atom. The van der Waals surface area contributed by atoms with Crippen molar-refractivity contribution >= 4 is 15.9 Å². The molecule has 1 saturated carbocycles. The van der Waals surface area contributed by atoms with Gasteiger partial charge in [-0.25, -0.2) is 0 Å². The van der Waals surface area contributed by atoms with Crippen LogP contribution in [0.15, 0.2) is 53.0 Å². The molecule has 3 rings (SSSR count). The number of rotatable bonds is 6. The van der Waals surface area contributed by atoms with Crippen LogP contribution in [0.3, 0.4) is 0 Å². The summed E-state index contributed by atoms with van der Waals surface area (Å²) in [4.78, 5) is 0. The monoisotopic (exact) mass is 384 g/mol. The summed E-state index contributed by atoms with van der Waals surface area (Å²) < 4.78 is 1.14. The molecule has 1 aliphatic rings. The summed E-state index contributed by atoms with van der Waals surface area (Å²) in [5.74, 6) is 1.92. The van der Waals surface area contributed by atoms with Crippen molar-refractivity contribution in [2.45, 2.75) is 58.3 Å². The number of hydrogen-bond acceptors (Lipinski definition) is 0. The van der Waals surface area contributed by atoms with E-state index in [1.807, 2.05) is 0 Å². The first-order valence-corrected chi connectivity index (χ1v) is 10.4. The van der Waals surface area contributed by atoms with Crippen LogP contribution in [0, 0.1) is 11.8 Å². The molecule has 1 fully saturated rings. The van der Waals surface area contributed by atoms with Gasteiger partial charge in [0.15, 0.2) is 0 Å². The Bertz CT molecular complexity index is 603. The zero-order valence-corrected chi connectivity index (χ0v) is 16.4. The Labute approximate surface area is 155 Å². The summed E-state index contributed by atoms with van der Waals surface area (Å²) in [6.45, 7) is 2.31. The predicted molar refractivity (Wildman–Crippen MR) is 108 cm³/mol.